The van der Waals surface area contributed by atoms with Crippen LogP contribution in [0.2, 0.25) is 0 Å². The summed E-state index contributed by atoms with van der Waals surface area (Å²) >= 11 is 0. The molecule has 20 nitrogen and oxygen atoms in total. The Bertz CT molecular complexity index is 1800. The molecule has 0 aromatic carbocycles. The number of aromatic nitrogens is 6. The number of nitrogens with two attached hydrogens (primary N) is 1. The lowest BCUT2D eigenvalue weighted by atomic mass is 9.93. The molecule has 2 fully saturated rings. The number of nitrogens with one attached hydrogen (secondary N) is 2. The molecule has 3 aromatic rings. The van der Waals surface area contributed by atoms with Crippen LogP contribution in [0.5, 0.6) is 0 Å². The number of phosphoric ester groups is 1. The summed E-state index contributed by atoms with van der Waals surface area (Å²) in [6, 6.07) is 1.18. The van der Waals surface area contributed by atoms with E-state index in [0.29, 0.717) is 11.2 Å². The number of methoxy groups -OCH3 is 2. The van der Waals surface area contributed by atoms with Crippen LogP contribution in [0.4, 0.5) is 5.82 Å². The van der Waals surface area contributed by atoms with Crippen molar-refractivity contribution in [3.63, 3.8) is 0 Å². The van der Waals surface area contributed by atoms with Gasteiger partial charge in [0.15, 0.2) is 23.9 Å². The van der Waals surface area contributed by atoms with E-state index < -0.39 is 80.0 Å². The number of carbonyl (C=O) groups is 1. The van der Waals surface area contributed by atoms with Gasteiger partial charge in [0, 0.05) is 45.4 Å². The van der Waals surface area contributed by atoms with Crippen LogP contribution in [0.15, 0.2) is 34.5 Å². The molecule has 0 saturated carbocycles. The van der Waals surface area contributed by atoms with E-state index in [9.17, 15) is 23.8 Å². The number of phosphoric acid groups is 1. The van der Waals surface area contributed by atoms with E-state index in [1.165, 1.54) is 62.1 Å². The van der Waals surface area contributed by atoms with Gasteiger partial charge in [0.25, 0.3) is 13.4 Å². The van der Waals surface area contributed by atoms with Crippen molar-refractivity contribution < 1.29 is 47.0 Å². The highest BCUT2D eigenvalue weighted by molar-refractivity contribution is 7.45. The lowest BCUT2D eigenvalue weighted by molar-refractivity contribution is -0.236. The number of nitrogens with zero attached hydrogens (tertiary/aromatic N) is 5. The number of rotatable bonds is 15. The standard InChI is InChI=1S/C29H43N8O12P/c1-14(2)45-11-18-16(22(43-5)27(47-18)36-8-7-19(38)35-29(36)40)9-20(39)31-10-17-23(49-50(41,42)48-15(3)4)24(44-6)28(46-17)37-13-34-21-25(30)32-12-33-26(21)37/h7-8,12-18,22-24,27-28H,9-11H2,1-6H3,(H,31,39)(H,41,42)(H2,30,32,33)(H,35,38,40)/p-1/t16-,17-,18-,22-,23-,24-,27-,28-/m1/s1. The molecule has 0 bridgehead atoms. The van der Waals surface area contributed by atoms with Crippen molar-refractivity contribution in [1.29, 1.82) is 0 Å². The van der Waals surface area contributed by atoms with E-state index in [4.69, 9.17) is 38.5 Å². The normalized spacial score (nSPS) is 28.1. The van der Waals surface area contributed by atoms with Crippen LogP contribution < -0.4 is 27.2 Å². The van der Waals surface area contributed by atoms with E-state index in [-0.39, 0.29) is 31.5 Å². The first-order valence-corrected chi connectivity index (χ1v) is 17.4. The van der Waals surface area contributed by atoms with Crippen molar-refractivity contribution in [2.45, 2.75) is 89.3 Å². The van der Waals surface area contributed by atoms with Gasteiger partial charge >= 0.3 is 5.69 Å². The highest BCUT2D eigenvalue weighted by Crippen LogP contribution is 2.47. The average Bonchev–Trinajstić information content (AvgIpc) is 3.71. The van der Waals surface area contributed by atoms with Crippen LogP contribution >= 0.6 is 7.82 Å². The van der Waals surface area contributed by atoms with Crippen molar-refractivity contribution >= 4 is 30.7 Å². The molecule has 2 aliphatic heterocycles. The van der Waals surface area contributed by atoms with Crippen molar-refractivity contribution in [3.05, 3.63) is 45.8 Å². The Morgan fingerprint density at radius 3 is 2.40 bits per heavy atom. The van der Waals surface area contributed by atoms with Crippen molar-refractivity contribution in [2.75, 3.05) is 33.1 Å². The van der Waals surface area contributed by atoms with Crippen LogP contribution in [0.25, 0.3) is 11.2 Å². The fourth-order valence-electron chi connectivity index (χ4n) is 6.08. The second-order valence-electron chi connectivity index (χ2n) is 12.4. The lowest BCUT2D eigenvalue weighted by Gasteiger charge is -2.31. The highest BCUT2D eigenvalue weighted by atomic mass is 31.2. The van der Waals surface area contributed by atoms with Crippen molar-refractivity contribution in [2.24, 2.45) is 5.92 Å². The number of nitrogen functional groups attached to an aromatic ring is 1. The predicted molar refractivity (Wildman–Crippen MR) is 171 cm³/mol. The van der Waals surface area contributed by atoms with Crippen LogP contribution in [0.3, 0.4) is 0 Å². The van der Waals surface area contributed by atoms with Crippen LogP contribution in [-0.2, 0) is 42.1 Å². The molecule has 50 heavy (non-hydrogen) atoms. The Morgan fingerprint density at radius 1 is 1.04 bits per heavy atom. The van der Waals surface area contributed by atoms with Crippen LogP contribution in [0, 0.1) is 5.92 Å². The Morgan fingerprint density at radius 2 is 1.74 bits per heavy atom. The maximum absolute atomic E-state index is 13.6. The number of anilines is 1. The number of carbonyl (C=O) groups excluding carboxylic acids is 1. The van der Waals surface area contributed by atoms with Gasteiger partial charge in [-0.3, -0.25) is 28.3 Å². The largest absolute Gasteiger partial charge is 0.756 e. The van der Waals surface area contributed by atoms with Gasteiger partial charge < -0.3 is 48.7 Å². The number of aromatic amines is 1. The molecule has 1 amide bonds. The summed E-state index contributed by atoms with van der Waals surface area (Å²) in [5.41, 5.74) is 5.27. The topological polar surface area (TPSA) is 258 Å². The minimum Gasteiger partial charge on any atom is -0.756 e. The molecular weight excluding hydrogens is 683 g/mol. The molecule has 3 aromatic heterocycles. The maximum Gasteiger partial charge on any atom is 0.330 e. The van der Waals surface area contributed by atoms with E-state index in [2.05, 4.69) is 25.3 Å². The highest BCUT2D eigenvalue weighted by Gasteiger charge is 2.50. The number of ether oxygens (including phenoxy) is 5. The molecule has 2 saturated heterocycles. The predicted octanol–water partition coefficient (Wildman–Crippen LogP) is -0.390. The summed E-state index contributed by atoms with van der Waals surface area (Å²) in [4.78, 5) is 65.4. The minimum absolute atomic E-state index is 0.0878. The van der Waals surface area contributed by atoms with Crippen LogP contribution in [0.1, 0.15) is 46.6 Å². The average molecular weight is 726 g/mol. The summed E-state index contributed by atoms with van der Waals surface area (Å²) in [6.07, 6.45) is -3.93. The second kappa shape index (κ2) is 15.7. The van der Waals surface area contributed by atoms with Gasteiger partial charge in [-0.25, -0.2) is 19.7 Å². The summed E-state index contributed by atoms with van der Waals surface area (Å²) in [5.74, 6) is -0.953. The number of imidazole rings is 1. The second-order valence-corrected chi connectivity index (χ2v) is 13.7. The number of fused-ring (bicyclic) bond motifs is 1. The van der Waals surface area contributed by atoms with Gasteiger partial charge in [0.05, 0.1) is 31.2 Å². The van der Waals surface area contributed by atoms with Crippen molar-refractivity contribution in [1.82, 2.24) is 34.4 Å². The molecule has 0 spiro atoms. The fourth-order valence-corrected chi connectivity index (χ4v) is 7.20. The molecule has 276 valence electrons. The zero-order valence-corrected chi connectivity index (χ0v) is 29.3. The van der Waals surface area contributed by atoms with E-state index in [1.807, 2.05) is 13.8 Å². The lowest BCUT2D eigenvalue weighted by Crippen LogP contribution is -2.43. The monoisotopic (exact) mass is 725 g/mol. The van der Waals surface area contributed by atoms with Gasteiger partial charge in [-0.05, 0) is 27.7 Å². The zero-order chi connectivity index (χ0) is 36.3. The van der Waals surface area contributed by atoms with Gasteiger partial charge in [-0.2, -0.15) is 0 Å². The number of hydrogen-bond acceptors (Lipinski definition) is 16. The van der Waals surface area contributed by atoms with Crippen molar-refractivity contribution in [3.8, 4) is 0 Å². The zero-order valence-electron chi connectivity index (χ0n) is 28.4. The third-order valence-corrected chi connectivity index (χ3v) is 9.40. The minimum atomic E-state index is -4.89. The summed E-state index contributed by atoms with van der Waals surface area (Å²) in [5, 5.41) is 2.80. The van der Waals surface area contributed by atoms with Gasteiger partial charge in [0.2, 0.25) is 5.91 Å². The molecular formula is C29H42N8O12P-. The molecule has 9 atom stereocenters. The molecule has 21 heteroatoms. The quantitative estimate of drug-likeness (QED) is 0.169. The smallest absolute Gasteiger partial charge is 0.330 e. The Balaban J connectivity index is 1.37. The number of hydrogen-bond donors (Lipinski definition) is 3. The summed E-state index contributed by atoms with van der Waals surface area (Å²) < 4.78 is 55.8. The Hall–Kier alpha value is -3.59. The maximum atomic E-state index is 13.6. The first-order chi connectivity index (χ1) is 23.7. The molecule has 4 N–H and O–H groups in total. The molecule has 0 aliphatic carbocycles. The molecule has 1 unspecified atom stereocenters. The first-order valence-electron chi connectivity index (χ1n) is 15.9. The van der Waals surface area contributed by atoms with E-state index >= 15 is 0 Å². The molecule has 5 heterocycles. The Labute approximate surface area is 286 Å². The fraction of sp³-hybridized carbons (Fsp3) is 0.655. The molecule has 2 aliphatic rings. The SMILES string of the molecule is CO[C@@H]1[C@H](CC(=O)NC[C@H]2O[C@@H](n3cnc4c(N)ncnc43)[C@H](OC)[C@@H]2OP(=O)([O-])OC(C)C)[C@@H](COC(C)C)O[C@H]1n1ccc(=O)[nH]c1=O. The van der Waals surface area contributed by atoms with Crippen LogP contribution in [-0.4, -0.2) is 105 Å². The van der Waals surface area contributed by atoms with Gasteiger partial charge in [-0.15, -0.1) is 0 Å². The van der Waals surface area contributed by atoms with Gasteiger partial charge in [-0.1, -0.05) is 0 Å². The van der Waals surface area contributed by atoms with E-state index in [0.717, 1.165) is 0 Å². The number of H-pyrrole nitrogens is 1. The third-order valence-electron chi connectivity index (χ3n) is 8.22. The van der Waals surface area contributed by atoms with E-state index in [1.54, 1.807) is 0 Å². The third kappa shape index (κ3) is 8.30. The number of amides is 1. The van der Waals surface area contributed by atoms with Gasteiger partial charge in [0.1, 0.15) is 36.3 Å². The molecule has 0 radical (unpaired) electrons. The first kappa shape index (κ1) is 37.7. The Kier molecular flexibility index (Phi) is 11.9. The summed E-state index contributed by atoms with van der Waals surface area (Å²) in [6.45, 7) is 6.63. The molecule has 5 rings (SSSR count). The summed E-state index contributed by atoms with van der Waals surface area (Å²) in [7, 11) is -2.11.